The van der Waals surface area contributed by atoms with Crippen molar-refractivity contribution in [3.8, 4) is 0 Å². The van der Waals surface area contributed by atoms with Crippen LogP contribution >= 0.6 is 11.3 Å². The Labute approximate surface area is 92.4 Å². The van der Waals surface area contributed by atoms with Crippen molar-refractivity contribution in [3.63, 3.8) is 0 Å². The molecular weight excluding hydrogens is 208 g/mol. The lowest BCUT2D eigenvalue weighted by atomic mass is 10.3. The van der Waals surface area contributed by atoms with E-state index in [0.29, 0.717) is 0 Å². The van der Waals surface area contributed by atoms with E-state index in [-0.39, 0.29) is 0 Å². The Hall–Kier alpha value is -1.33. The molecule has 2 aromatic heterocycles. The van der Waals surface area contributed by atoms with E-state index in [4.69, 9.17) is 0 Å². The highest BCUT2D eigenvalue weighted by molar-refractivity contribution is 7.09. The average molecular weight is 220 g/mol. The van der Waals surface area contributed by atoms with Gasteiger partial charge >= 0.3 is 0 Å². The first kappa shape index (κ1) is 10.2. The van der Waals surface area contributed by atoms with Gasteiger partial charge in [-0.05, 0) is 6.92 Å². The van der Waals surface area contributed by atoms with E-state index in [9.17, 15) is 0 Å². The first-order valence-corrected chi connectivity index (χ1v) is 5.58. The number of nitrogens with zero attached hydrogens (tertiary/aromatic N) is 3. The van der Waals surface area contributed by atoms with Crippen molar-refractivity contribution in [3.05, 3.63) is 40.4 Å². The van der Waals surface area contributed by atoms with Crippen molar-refractivity contribution in [1.29, 1.82) is 0 Å². The molecule has 0 saturated carbocycles. The minimum atomic E-state index is 0.790. The number of aromatic nitrogens is 3. The normalized spacial score (nSPS) is 10.5. The molecule has 78 valence electrons. The first-order valence-electron chi connectivity index (χ1n) is 4.70. The summed E-state index contributed by atoms with van der Waals surface area (Å²) in [6.45, 7) is 3.67. The van der Waals surface area contributed by atoms with Gasteiger partial charge in [0, 0.05) is 35.9 Å². The van der Waals surface area contributed by atoms with Crippen LogP contribution in [0.25, 0.3) is 0 Å². The molecule has 0 fully saturated rings. The van der Waals surface area contributed by atoms with Crippen LogP contribution in [0.5, 0.6) is 0 Å². The maximum Gasteiger partial charge on any atom is 0.115 e. The number of hydrogen-bond donors (Lipinski definition) is 1. The summed E-state index contributed by atoms with van der Waals surface area (Å²) in [5.74, 6) is 0. The van der Waals surface area contributed by atoms with Crippen LogP contribution in [0, 0.1) is 6.92 Å². The maximum atomic E-state index is 4.20. The Balaban J connectivity index is 1.83. The van der Waals surface area contributed by atoms with Gasteiger partial charge in [-0.1, -0.05) is 0 Å². The number of rotatable bonds is 4. The molecule has 0 unspecified atom stereocenters. The summed E-state index contributed by atoms with van der Waals surface area (Å²) in [6.07, 6.45) is 5.18. The van der Waals surface area contributed by atoms with Crippen LogP contribution in [0.4, 0.5) is 0 Å². The van der Waals surface area contributed by atoms with Crippen LogP contribution in [0.15, 0.2) is 24.2 Å². The highest BCUT2D eigenvalue weighted by Gasteiger charge is 2.00. The van der Waals surface area contributed by atoms with Crippen molar-refractivity contribution in [2.45, 2.75) is 20.0 Å². The summed E-state index contributed by atoms with van der Waals surface area (Å²) in [7, 11) is 0. The molecular formula is C10H12N4S. The third kappa shape index (κ3) is 2.81. The van der Waals surface area contributed by atoms with Crippen LogP contribution in [-0.2, 0) is 13.1 Å². The minimum Gasteiger partial charge on any atom is -0.308 e. The molecule has 2 heterocycles. The molecule has 0 radical (unpaired) electrons. The van der Waals surface area contributed by atoms with E-state index in [1.165, 1.54) is 11.2 Å². The minimum absolute atomic E-state index is 0.790. The summed E-state index contributed by atoms with van der Waals surface area (Å²) >= 11 is 1.68. The zero-order valence-electron chi connectivity index (χ0n) is 8.47. The molecule has 0 aliphatic carbocycles. The lowest BCUT2D eigenvalue weighted by Gasteiger charge is -2.02. The Morgan fingerprint density at radius 2 is 2.07 bits per heavy atom. The third-order valence-electron chi connectivity index (χ3n) is 2.07. The number of thiazole rings is 1. The summed E-state index contributed by atoms with van der Waals surface area (Å²) in [5, 5.41) is 3.34. The van der Waals surface area contributed by atoms with Gasteiger partial charge in [-0.15, -0.1) is 11.3 Å². The number of nitrogens with one attached hydrogen (secondary N) is 1. The van der Waals surface area contributed by atoms with E-state index >= 15 is 0 Å². The van der Waals surface area contributed by atoms with Gasteiger partial charge in [-0.25, -0.2) is 15.0 Å². The molecule has 0 bridgehead atoms. The first-order chi connectivity index (χ1) is 7.36. The molecule has 0 amide bonds. The number of hydrogen-bond acceptors (Lipinski definition) is 5. The van der Waals surface area contributed by atoms with E-state index in [1.54, 1.807) is 11.3 Å². The van der Waals surface area contributed by atoms with Gasteiger partial charge in [-0.2, -0.15) is 0 Å². The molecule has 2 aromatic rings. The Morgan fingerprint density at radius 3 is 2.73 bits per heavy atom. The zero-order valence-corrected chi connectivity index (χ0v) is 9.29. The second-order valence-corrected chi connectivity index (χ2v) is 4.15. The topological polar surface area (TPSA) is 50.7 Å². The van der Waals surface area contributed by atoms with Crippen molar-refractivity contribution in [2.24, 2.45) is 0 Å². The van der Waals surface area contributed by atoms with E-state index in [2.05, 4.69) is 20.3 Å². The van der Waals surface area contributed by atoms with Gasteiger partial charge in [0.15, 0.2) is 0 Å². The van der Waals surface area contributed by atoms with Crippen LogP contribution in [-0.4, -0.2) is 15.0 Å². The van der Waals surface area contributed by atoms with Crippen molar-refractivity contribution in [2.75, 3.05) is 0 Å². The SMILES string of the molecule is Cc1ncsc1CNCc1cncnc1. The van der Waals surface area contributed by atoms with Crippen LogP contribution in [0.1, 0.15) is 16.1 Å². The molecule has 15 heavy (non-hydrogen) atoms. The van der Waals surface area contributed by atoms with Crippen molar-refractivity contribution >= 4 is 11.3 Å². The predicted molar refractivity (Wildman–Crippen MR) is 59.4 cm³/mol. The molecule has 4 nitrogen and oxygen atoms in total. The summed E-state index contributed by atoms with van der Waals surface area (Å²) in [6, 6.07) is 0. The van der Waals surface area contributed by atoms with Crippen LogP contribution in [0.2, 0.25) is 0 Å². The highest BCUT2D eigenvalue weighted by Crippen LogP contribution is 2.11. The standard InChI is InChI=1S/C10H12N4S/c1-8-10(15-7-14-8)5-11-2-9-3-12-6-13-4-9/h3-4,6-7,11H,2,5H2,1H3. The quantitative estimate of drug-likeness (QED) is 0.849. The molecule has 0 atom stereocenters. The van der Waals surface area contributed by atoms with E-state index < -0.39 is 0 Å². The second-order valence-electron chi connectivity index (χ2n) is 3.21. The van der Waals surface area contributed by atoms with Gasteiger partial charge < -0.3 is 5.32 Å². The van der Waals surface area contributed by atoms with Crippen LogP contribution < -0.4 is 5.32 Å². The lowest BCUT2D eigenvalue weighted by Crippen LogP contribution is -2.12. The Kier molecular flexibility index (Phi) is 3.37. The molecule has 5 heteroatoms. The second kappa shape index (κ2) is 4.95. The van der Waals surface area contributed by atoms with Crippen LogP contribution in [0.3, 0.4) is 0 Å². The fourth-order valence-electron chi connectivity index (χ4n) is 1.24. The molecule has 0 aliphatic heterocycles. The third-order valence-corrected chi connectivity index (χ3v) is 3.01. The largest absolute Gasteiger partial charge is 0.308 e. The smallest absolute Gasteiger partial charge is 0.115 e. The fourth-order valence-corrected chi connectivity index (χ4v) is 1.98. The van der Waals surface area contributed by atoms with E-state index in [0.717, 1.165) is 24.3 Å². The average Bonchev–Trinajstić information content (AvgIpc) is 2.66. The molecule has 1 N–H and O–H groups in total. The lowest BCUT2D eigenvalue weighted by molar-refractivity contribution is 0.692. The van der Waals surface area contributed by atoms with Crippen molar-refractivity contribution < 1.29 is 0 Å². The fraction of sp³-hybridized carbons (Fsp3) is 0.300. The number of aryl methyl sites for hydroxylation is 1. The summed E-state index contributed by atoms with van der Waals surface area (Å²) in [4.78, 5) is 13.4. The Bertz CT molecular complexity index is 412. The van der Waals surface area contributed by atoms with Crippen molar-refractivity contribution in [1.82, 2.24) is 20.3 Å². The molecule has 2 rings (SSSR count). The summed E-state index contributed by atoms with van der Waals surface area (Å²) in [5.41, 5.74) is 4.08. The summed E-state index contributed by atoms with van der Waals surface area (Å²) < 4.78 is 0. The molecule has 0 spiro atoms. The Morgan fingerprint density at radius 1 is 1.27 bits per heavy atom. The molecule has 0 saturated heterocycles. The molecule has 0 aliphatic rings. The monoisotopic (exact) mass is 220 g/mol. The molecule has 0 aromatic carbocycles. The van der Waals surface area contributed by atoms with Gasteiger partial charge in [0.25, 0.3) is 0 Å². The highest BCUT2D eigenvalue weighted by atomic mass is 32.1. The van der Waals surface area contributed by atoms with Gasteiger partial charge in [0.05, 0.1) is 11.2 Å². The predicted octanol–water partition coefficient (Wildman–Crippen LogP) is 1.53. The van der Waals surface area contributed by atoms with Gasteiger partial charge in [-0.3, -0.25) is 0 Å². The van der Waals surface area contributed by atoms with Gasteiger partial charge in [0.1, 0.15) is 6.33 Å². The van der Waals surface area contributed by atoms with Gasteiger partial charge in [0.2, 0.25) is 0 Å². The van der Waals surface area contributed by atoms with E-state index in [1.807, 2.05) is 24.8 Å². The maximum absolute atomic E-state index is 4.20. The zero-order chi connectivity index (χ0) is 10.5.